The third-order valence-corrected chi connectivity index (χ3v) is 2.31. The van der Waals surface area contributed by atoms with Crippen molar-refractivity contribution in [3.63, 3.8) is 0 Å². The van der Waals surface area contributed by atoms with Crippen molar-refractivity contribution in [3.05, 3.63) is 60.2 Å². The number of esters is 2. The quantitative estimate of drug-likeness (QED) is 0.616. The number of hydrogen-bond donors (Lipinski definition) is 0. The second-order valence-electron chi connectivity index (χ2n) is 6.12. The Morgan fingerprint density at radius 3 is 1.78 bits per heavy atom. The standard InChI is InChI=1S/C11H12O2.C8H14O2/c1-9(2)11(12)13-8-10-6-4-3-5-7-10;1-6(2)7(9)10-8(3,4)5/h3-7H,1,8H2,2H3;1H2,2-5H3. The van der Waals surface area contributed by atoms with E-state index in [2.05, 4.69) is 13.2 Å². The van der Waals surface area contributed by atoms with E-state index < -0.39 is 5.60 Å². The Bertz CT molecular complexity index is 550. The molecule has 1 rings (SSSR count). The Kier molecular flexibility index (Phi) is 8.63. The molecule has 0 bridgehead atoms. The van der Waals surface area contributed by atoms with Crippen LogP contribution >= 0.6 is 0 Å². The summed E-state index contributed by atoms with van der Waals surface area (Å²) in [7, 11) is 0. The molecule has 0 atom stereocenters. The summed E-state index contributed by atoms with van der Waals surface area (Å²) < 4.78 is 9.91. The zero-order valence-corrected chi connectivity index (χ0v) is 14.6. The molecule has 0 amide bonds. The van der Waals surface area contributed by atoms with Gasteiger partial charge in [0.05, 0.1) is 0 Å². The third kappa shape index (κ3) is 10.9. The van der Waals surface area contributed by atoms with Gasteiger partial charge in [0.15, 0.2) is 0 Å². The predicted octanol–water partition coefficient (Wildman–Crippen LogP) is 4.21. The maximum Gasteiger partial charge on any atom is 0.333 e. The molecular formula is C19H26O4. The highest BCUT2D eigenvalue weighted by atomic mass is 16.6. The van der Waals surface area contributed by atoms with Crippen molar-refractivity contribution in [1.82, 2.24) is 0 Å². The van der Waals surface area contributed by atoms with Crippen LogP contribution in [0.3, 0.4) is 0 Å². The molecule has 0 spiro atoms. The summed E-state index contributed by atoms with van der Waals surface area (Å²) in [5.41, 5.74) is 1.44. The zero-order chi connectivity index (χ0) is 18.0. The van der Waals surface area contributed by atoms with Crippen LogP contribution < -0.4 is 0 Å². The van der Waals surface area contributed by atoms with E-state index in [1.54, 1.807) is 13.8 Å². The van der Waals surface area contributed by atoms with Crippen molar-refractivity contribution >= 4 is 11.9 Å². The number of carbonyl (C=O) groups excluding carboxylic acids is 2. The molecule has 0 saturated carbocycles. The van der Waals surface area contributed by atoms with Crippen molar-refractivity contribution in [2.75, 3.05) is 0 Å². The van der Waals surface area contributed by atoms with Crippen molar-refractivity contribution < 1.29 is 19.1 Å². The number of benzene rings is 1. The van der Waals surface area contributed by atoms with Crippen LogP contribution in [0.5, 0.6) is 0 Å². The molecule has 4 heteroatoms. The van der Waals surface area contributed by atoms with E-state index in [1.807, 2.05) is 51.1 Å². The van der Waals surface area contributed by atoms with E-state index in [0.29, 0.717) is 17.8 Å². The third-order valence-electron chi connectivity index (χ3n) is 2.31. The molecule has 1 aromatic carbocycles. The van der Waals surface area contributed by atoms with Gasteiger partial charge >= 0.3 is 11.9 Å². The number of carbonyl (C=O) groups is 2. The van der Waals surface area contributed by atoms with E-state index in [0.717, 1.165) is 5.56 Å². The molecule has 0 unspecified atom stereocenters. The molecule has 0 saturated heterocycles. The van der Waals surface area contributed by atoms with Gasteiger partial charge in [0.25, 0.3) is 0 Å². The van der Waals surface area contributed by atoms with E-state index in [-0.39, 0.29) is 11.9 Å². The monoisotopic (exact) mass is 318 g/mol. The van der Waals surface area contributed by atoms with E-state index in [1.165, 1.54) is 0 Å². The minimum Gasteiger partial charge on any atom is -0.457 e. The Labute approximate surface area is 138 Å². The average Bonchev–Trinajstić information content (AvgIpc) is 2.44. The second-order valence-corrected chi connectivity index (χ2v) is 6.12. The topological polar surface area (TPSA) is 52.6 Å². The molecule has 4 nitrogen and oxygen atoms in total. The molecule has 0 aliphatic carbocycles. The van der Waals surface area contributed by atoms with Gasteiger partial charge in [0.2, 0.25) is 0 Å². The summed E-state index contributed by atoms with van der Waals surface area (Å²) in [6.45, 7) is 16.0. The lowest BCUT2D eigenvalue weighted by atomic mass is 10.2. The van der Waals surface area contributed by atoms with Crippen molar-refractivity contribution in [2.45, 2.75) is 46.8 Å². The molecule has 0 aliphatic heterocycles. The average molecular weight is 318 g/mol. The first-order valence-electron chi connectivity index (χ1n) is 7.28. The van der Waals surface area contributed by atoms with E-state index in [9.17, 15) is 9.59 Å². The van der Waals surface area contributed by atoms with Crippen LogP contribution in [0.1, 0.15) is 40.2 Å². The lowest BCUT2D eigenvalue weighted by Gasteiger charge is -2.19. The van der Waals surface area contributed by atoms with Crippen LogP contribution in [-0.4, -0.2) is 17.5 Å². The number of rotatable bonds is 4. The highest BCUT2D eigenvalue weighted by Crippen LogP contribution is 2.09. The minimum absolute atomic E-state index is 0.312. The zero-order valence-electron chi connectivity index (χ0n) is 14.6. The van der Waals surface area contributed by atoms with Gasteiger partial charge in [-0.1, -0.05) is 43.5 Å². The molecule has 0 aliphatic rings. The summed E-state index contributed by atoms with van der Waals surface area (Å²) in [6.07, 6.45) is 0. The highest BCUT2D eigenvalue weighted by molar-refractivity contribution is 5.87. The Morgan fingerprint density at radius 1 is 0.957 bits per heavy atom. The molecule has 0 heterocycles. The summed E-state index contributed by atoms with van der Waals surface area (Å²) in [5.74, 6) is -0.670. The van der Waals surface area contributed by atoms with Crippen LogP contribution in [0, 0.1) is 0 Å². The highest BCUT2D eigenvalue weighted by Gasteiger charge is 2.15. The van der Waals surface area contributed by atoms with Crippen molar-refractivity contribution in [1.29, 1.82) is 0 Å². The Balaban J connectivity index is 0.000000438. The lowest BCUT2D eigenvalue weighted by Crippen LogP contribution is -2.23. The minimum atomic E-state index is -0.407. The maximum atomic E-state index is 11.0. The van der Waals surface area contributed by atoms with Gasteiger partial charge in [-0.15, -0.1) is 0 Å². The Hall–Kier alpha value is -2.36. The van der Waals surface area contributed by atoms with Crippen LogP contribution in [-0.2, 0) is 25.7 Å². The molecule has 0 N–H and O–H groups in total. The molecule has 0 fully saturated rings. The van der Waals surface area contributed by atoms with Gasteiger partial charge in [-0.05, 0) is 40.2 Å². The van der Waals surface area contributed by atoms with Gasteiger partial charge in [-0.3, -0.25) is 0 Å². The number of hydrogen-bond acceptors (Lipinski definition) is 4. The summed E-state index contributed by atoms with van der Waals surface area (Å²) in [4.78, 5) is 21.8. The molecule has 0 radical (unpaired) electrons. The van der Waals surface area contributed by atoms with Crippen LogP contribution in [0.25, 0.3) is 0 Å². The van der Waals surface area contributed by atoms with Crippen molar-refractivity contribution in [2.24, 2.45) is 0 Å². The van der Waals surface area contributed by atoms with Crippen molar-refractivity contribution in [3.8, 4) is 0 Å². The van der Waals surface area contributed by atoms with Gasteiger partial charge in [-0.25, -0.2) is 9.59 Å². The van der Waals surface area contributed by atoms with Crippen LogP contribution in [0.2, 0.25) is 0 Å². The first-order valence-corrected chi connectivity index (χ1v) is 7.28. The van der Waals surface area contributed by atoms with Crippen LogP contribution in [0.15, 0.2) is 54.6 Å². The smallest absolute Gasteiger partial charge is 0.333 e. The summed E-state index contributed by atoms with van der Waals surface area (Å²) in [6, 6.07) is 9.55. The maximum absolute atomic E-state index is 11.0. The normalized spacial score (nSPS) is 9.96. The van der Waals surface area contributed by atoms with Gasteiger partial charge in [-0.2, -0.15) is 0 Å². The summed E-state index contributed by atoms with van der Waals surface area (Å²) >= 11 is 0. The largest absolute Gasteiger partial charge is 0.457 e. The van der Waals surface area contributed by atoms with Gasteiger partial charge in [0, 0.05) is 11.1 Å². The second kappa shape index (κ2) is 9.62. The van der Waals surface area contributed by atoms with Gasteiger partial charge in [0.1, 0.15) is 12.2 Å². The van der Waals surface area contributed by atoms with E-state index in [4.69, 9.17) is 9.47 Å². The fraction of sp³-hybridized carbons (Fsp3) is 0.368. The first kappa shape index (κ1) is 20.6. The number of ether oxygens (including phenoxy) is 2. The SMILES string of the molecule is C=C(C)C(=O)OC(C)(C)C.C=C(C)C(=O)OCc1ccccc1. The van der Waals surface area contributed by atoms with Gasteiger partial charge < -0.3 is 9.47 Å². The molecular weight excluding hydrogens is 292 g/mol. The molecule has 126 valence electrons. The predicted molar refractivity (Wildman–Crippen MR) is 91.7 cm³/mol. The Morgan fingerprint density at radius 2 is 1.43 bits per heavy atom. The fourth-order valence-electron chi connectivity index (χ4n) is 1.21. The summed E-state index contributed by atoms with van der Waals surface area (Å²) in [5, 5.41) is 0. The first-order chi connectivity index (χ1) is 10.5. The molecule has 23 heavy (non-hydrogen) atoms. The lowest BCUT2D eigenvalue weighted by molar-refractivity contribution is -0.149. The van der Waals surface area contributed by atoms with E-state index >= 15 is 0 Å². The molecule has 0 aromatic heterocycles. The van der Waals surface area contributed by atoms with Crippen LogP contribution in [0.4, 0.5) is 0 Å². The fourth-order valence-corrected chi connectivity index (χ4v) is 1.21. The molecule has 1 aromatic rings.